The summed E-state index contributed by atoms with van der Waals surface area (Å²) in [5, 5.41) is 5.24. The van der Waals surface area contributed by atoms with Crippen LogP contribution in [0.1, 0.15) is 12.5 Å². The highest BCUT2D eigenvalue weighted by Gasteiger charge is 2.02. The molecule has 0 saturated carbocycles. The molecular weight excluding hydrogens is 256 g/mol. The van der Waals surface area contributed by atoms with Crippen LogP contribution in [-0.4, -0.2) is 24.4 Å². The van der Waals surface area contributed by atoms with E-state index in [1.165, 1.54) is 6.92 Å². The Hall–Kier alpha value is -1.75. The molecule has 0 unspecified atom stereocenters. The van der Waals surface area contributed by atoms with Crippen molar-refractivity contribution in [3.05, 3.63) is 29.8 Å². The van der Waals surface area contributed by atoms with Crippen molar-refractivity contribution < 1.29 is 14.3 Å². The van der Waals surface area contributed by atoms with Crippen LogP contribution in [0.4, 0.5) is 10.5 Å². The maximum atomic E-state index is 11.4. The molecule has 2 N–H and O–H groups in total. The van der Waals surface area contributed by atoms with Crippen LogP contribution in [-0.2, 0) is 16.1 Å². The molecule has 0 aliphatic carbocycles. The number of carbonyl (C=O) groups is 2. The summed E-state index contributed by atoms with van der Waals surface area (Å²) in [5.74, 6) is 0.0214. The normalized spacial score (nSPS) is 9.67. The third-order valence-corrected chi connectivity index (χ3v) is 2.20. The molecule has 0 spiro atoms. The number of hydrogen-bond donors (Lipinski definition) is 2. The van der Waals surface area contributed by atoms with E-state index >= 15 is 0 Å². The van der Waals surface area contributed by atoms with Gasteiger partial charge in [0.05, 0.1) is 0 Å². The topological polar surface area (TPSA) is 67.4 Å². The van der Waals surface area contributed by atoms with E-state index in [1.807, 2.05) is 6.07 Å². The number of halogens is 1. The molecule has 18 heavy (non-hydrogen) atoms. The molecule has 0 aliphatic heterocycles. The molecule has 6 heteroatoms. The van der Waals surface area contributed by atoms with Crippen molar-refractivity contribution in [2.75, 3.05) is 17.7 Å². The maximum absolute atomic E-state index is 11.4. The predicted octanol–water partition coefficient (Wildman–Crippen LogP) is 2.11. The third-order valence-electron chi connectivity index (χ3n) is 2.01. The Bertz CT molecular complexity index is 424. The number of alkyl halides is 1. The largest absolute Gasteiger partial charge is 0.461 e. The summed E-state index contributed by atoms with van der Waals surface area (Å²) in [7, 11) is 0. The van der Waals surface area contributed by atoms with Crippen LogP contribution in [0.3, 0.4) is 0 Å². The van der Waals surface area contributed by atoms with Gasteiger partial charge in [0, 0.05) is 25.0 Å². The van der Waals surface area contributed by atoms with Crippen LogP contribution < -0.4 is 10.6 Å². The summed E-state index contributed by atoms with van der Waals surface area (Å²) < 4.78 is 4.87. The standard InChI is InChI=1S/C12H15ClN2O3/c1-9(16)18-8-10-3-2-4-11(7-10)15-12(17)14-6-5-13/h2-4,7H,5-6,8H2,1H3,(H2,14,15,17). The van der Waals surface area contributed by atoms with Gasteiger partial charge in [0.25, 0.3) is 0 Å². The Labute approximate surface area is 110 Å². The van der Waals surface area contributed by atoms with Gasteiger partial charge in [-0.15, -0.1) is 11.6 Å². The van der Waals surface area contributed by atoms with Gasteiger partial charge >= 0.3 is 12.0 Å². The second-order valence-electron chi connectivity index (χ2n) is 3.55. The molecule has 0 radical (unpaired) electrons. The van der Waals surface area contributed by atoms with Gasteiger partial charge in [-0.2, -0.15) is 0 Å². The number of carbonyl (C=O) groups excluding carboxylic acids is 2. The molecule has 98 valence electrons. The van der Waals surface area contributed by atoms with E-state index in [2.05, 4.69) is 10.6 Å². The van der Waals surface area contributed by atoms with E-state index < -0.39 is 0 Å². The molecule has 0 heterocycles. The molecule has 1 aromatic carbocycles. The van der Waals surface area contributed by atoms with Crippen molar-refractivity contribution in [3.63, 3.8) is 0 Å². The minimum Gasteiger partial charge on any atom is -0.461 e. The highest BCUT2D eigenvalue weighted by molar-refractivity contribution is 6.18. The van der Waals surface area contributed by atoms with Gasteiger partial charge in [0.1, 0.15) is 6.61 Å². The first-order valence-electron chi connectivity index (χ1n) is 5.45. The summed E-state index contributed by atoms with van der Waals surface area (Å²) in [6.45, 7) is 1.94. The molecule has 0 aliphatic rings. The van der Waals surface area contributed by atoms with Crippen molar-refractivity contribution in [2.24, 2.45) is 0 Å². The second-order valence-corrected chi connectivity index (χ2v) is 3.93. The molecule has 0 aromatic heterocycles. The van der Waals surface area contributed by atoms with Crippen LogP contribution in [0.15, 0.2) is 24.3 Å². The van der Waals surface area contributed by atoms with Crippen molar-refractivity contribution in [1.29, 1.82) is 0 Å². The zero-order valence-electron chi connectivity index (χ0n) is 10.0. The van der Waals surface area contributed by atoms with Gasteiger partial charge in [-0.1, -0.05) is 12.1 Å². The Kier molecular flexibility index (Phi) is 6.00. The first-order valence-corrected chi connectivity index (χ1v) is 5.98. The summed E-state index contributed by atoms with van der Waals surface area (Å²) in [6, 6.07) is 6.75. The number of anilines is 1. The SMILES string of the molecule is CC(=O)OCc1cccc(NC(=O)NCCCl)c1. The highest BCUT2D eigenvalue weighted by atomic mass is 35.5. The smallest absolute Gasteiger partial charge is 0.319 e. The fourth-order valence-electron chi connectivity index (χ4n) is 1.26. The first kappa shape index (κ1) is 14.3. The number of esters is 1. The molecule has 0 fully saturated rings. The lowest BCUT2D eigenvalue weighted by Gasteiger charge is -2.08. The Morgan fingerprint density at radius 2 is 2.17 bits per heavy atom. The van der Waals surface area contributed by atoms with Crippen molar-refractivity contribution in [2.45, 2.75) is 13.5 Å². The molecule has 0 saturated heterocycles. The van der Waals surface area contributed by atoms with Crippen molar-refractivity contribution in [1.82, 2.24) is 5.32 Å². The minimum absolute atomic E-state index is 0.189. The van der Waals surface area contributed by atoms with Crippen LogP contribution in [0.2, 0.25) is 0 Å². The number of amides is 2. The molecule has 1 aromatic rings. The van der Waals surface area contributed by atoms with Gasteiger partial charge in [0.15, 0.2) is 0 Å². The van der Waals surface area contributed by atoms with Crippen LogP contribution in [0, 0.1) is 0 Å². The van der Waals surface area contributed by atoms with Crippen LogP contribution >= 0.6 is 11.6 Å². The number of nitrogens with one attached hydrogen (secondary N) is 2. The lowest BCUT2D eigenvalue weighted by Crippen LogP contribution is -2.30. The van der Waals surface area contributed by atoms with Crippen molar-refractivity contribution >= 4 is 29.3 Å². The monoisotopic (exact) mass is 270 g/mol. The number of rotatable bonds is 5. The zero-order chi connectivity index (χ0) is 13.4. The fraction of sp³-hybridized carbons (Fsp3) is 0.333. The summed E-state index contributed by atoms with van der Waals surface area (Å²) in [6.07, 6.45) is 0. The molecule has 0 bridgehead atoms. The summed E-state index contributed by atoms with van der Waals surface area (Å²) in [5.41, 5.74) is 1.44. The molecular formula is C12H15ClN2O3. The molecule has 1 rings (SSSR count). The van der Waals surface area contributed by atoms with Gasteiger partial charge < -0.3 is 15.4 Å². The summed E-state index contributed by atoms with van der Waals surface area (Å²) in [4.78, 5) is 22.1. The molecule has 0 atom stereocenters. The van der Waals surface area contributed by atoms with E-state index in [0.29, 0.717) is 18.1 Å². The van der Waals surface area contributed by atoms with E-state index in [-0.39, 0.29) is 18.6 Å². The minimum atomic E-state index is -0.340. The maximum Gasteiger partial charge on any atom is 0.319 e. The van der Waals surface area contributed by atoms with Gasteiger partial charge in [-0.05, 0) is 17.7 Å². The quantitative estimate of drug-likeness (QED) is 0.636. The third kappa shape index (κ3) is 5.54. The van der Waals surface area contributed by atoms with E-state index in [0.717, 1.165) is 5.56 Å². The first-order chi connectivity index (χ1) is 8.61. The van der Waals surface area contributed by atoms with E-state index in [1.54, 1.807) is 18.2 Å². The average molecular weight is 271 g/mol. The lowest BCUT2D eigenvalue weighted by atomic mass is 10.2. The van der Waals surface area contributed by atoms with Gasteiger partial charge in [0.2, 0.25) is 0 Å². The fourth-order valence-corrected chi connectivity index (χ4v) is 1.35. The molecule has 2 amide bonds. The Morgan fingerprint density at radius 1 is 1.39 bits per heavy atom. The number of benzene rings is 1. The Morgan fingerprint density at radius 3 is 2.83 bits per heavy atom. The number of urea groups is 1. The second kappa shape index (κ2) is 7.55. The van der Waals surface area contributed by atoms with Crippen molar-refractivity contribution in [3.8, 4) is 0 Å². The van der Waals surface area contributed by atoms with E-state index in [9.17, 15) is 9.59 Å². The summed E-state index contributed by atoms with van der Waals surface area (Å²) >= 11 is 5.45. The number of hydrogen-bond acceptors (Lipinski definition) is 3. The predicted molar refractivity (Wildman–Crippen MR) is 69.7 cm³/mol. The Balaban J connectivity index is 2.53. The van der Waals surface area contributed by atoms with E-state index in [4.69, 9.17) is 16.3 Å². The molecule has 5 nitrogen and oxygen atoms in total. The van der Waals surface area contributed by atoms with Gasteiger partial charge in [-0.25, -0.2) is 4.79 Å². The van der Waals surface area contributed by atoms with Crippen LogP contribution in [0.25, 0.3) is 0 Å². The number of ether oxygens (including phenoxy) is 1. The van der Waals surface area contributed by atoms with Gasteiger partial charge in [-0.3, -0.25) is 4.79 Å². The lowest BCUT2D eigenvalue weighted by molar-refractivity contribution is -0.142. The van der Waals surface area contributed by atoms with Crippen LogP contribution in [0.5, 0.6) is 0 Å². The zero-order valence-corrected chi connectivity index (χ0v) is 10.8. The average Bonchev–Trinajstić information content (AvgIpc) is 2.34. The highest BCUT2D eigenvalue weighted by Crippen LogP contribution is 2.11.